The van der Waals surface area contributed by atoms with E-state index in [4.69, 9.17) is 29.2 Å². The molecule has 2 fully saturated rings. The van der Waals surface area contributed by atoms with Gasteiger partial charge in [0.25, 0.3) is 0 Å². The number of nitrogens with zero attached hydrogens (tertiary/aromatic N) is 5. The Balaban J connectivity index is 1.63. The van der Waals surface area contributed by atoms with Crippen molar-refractivity contribution >= 4 is 42.5 Å². The lowest BCUT2D eigenvalue weighted by Gasteiger charge is -2.30. The minimum absolute atomic E-state index is 0.00988. The molecule has 282 valence electrons. The van der Waals surface area contributed by atoms with Crippen LogP contribution in [0.2, 0.25) is 0 Å². The number of morpholine rings is 1. The number of nitrogen functional groups attached to an aromatic ring is 1. The van der Waals surface area contributed by atoms with E-state index in [0.717, 1.165) is 0 Å². The molecule has 4 rings (SSSR count). The first-order chi connectivity index (χ1) is 23.6. The fourth-order valence-corrected chi connectivity index (χ4v) is 7.82. The molecule has 50 heavy (non-hydrogen) atoms. The molecular weight excluding hydrogens is 675 g/mol. The zero-order valence-corrected chi connectivity index (χ0v) is 30.8. The number of aliphatic hydroxyl groups excluding tert-OH is 1. The SMILES string of the molecule is CCOC(=O)[C@H](CC(C)C)NP(=O)(N[C@@H](CC(C)C)C(=O)OCC)OC[C@H]1O[C@@H](n2cnc3c(N4CCOCC4)nc(N)nc32)C(C)(O)C1O. The first-order valence-corrected chi connectivity index (χ1v) is 18.7. The van der Waals surface area contributed by atoms with Gasteiger partial charge in [0.1, 0.15) is 29.9 Å². The van der Waals surface area contributed by atoms with E-state index < -0.39 is 62.3 Å². The Labute approximate surface area is 292 Å². The van der Waals surface area contributed by atoms with E-state index in [1.807, 2.05) is 32.6 Å². The van der Waals surface area contributed by atoms with Gasteiger partial charge >= 0.3 is 19.6 Å². The van der Waals surface area contributed by atoms with Crippen LogP contribution in [0.25, 0.3) is 11.2 Å². The Morgan fingerprint density at radius 2 is 1.62 bits per heavy atom. The Bertz CT molecular complexity index is 1460. The molecule has 2 aromatic heterocycles. The number of carbonyl (C=O) groups is 2. The van der Waals surface area contributed by atoms with Crippen LogP contribution in [0.4, 0.5) is 11.8 Å². The fraction of sp³-hybridized carbons (Fsp3) is 0.774. The number of ether oxygens (including phenoxy) is 4. The molecule has 2 aliphatic rings. The Morgan fingerprint density at radius 3 is 2.14 bits per heavy atom. The van der Waals surface area contributed by atoms with Gasteiger partial charge in [-0.05, 0) is 45.4 Å². The van der Waals surface area contributed by atoms with Crippen molar-refractivity contribution in [3.8, 4) is 0 Å². The third kappa shape index (κ3) is 9.47. The number of imidazole rings is 1. The molecule has 18 nitrogen and oxygen atoms in total. The molecule has 4 heterocycles. The van der Waals surface area contributed by atoms with Gasteiger partial charge in [-0.3, -0.25) is 18.7 Å². The van der Waals surface area contributed by atoms with E-state index in [9.17, 15) is 24.4 Å². The lowest BCUT2D eigenvalue weighted by Crippen LogP contribution is -2.47. The van der Waals surface area contributed by atoms with Crippen LogP contribution in [-0.4, -0.2) is 118 Å². The van der Waals surface area contributed by atoms with Crippen molar-refractivity contribution in [1.82, 2.24) is 29.7 Å². The number of hydrogen-bond acceptors (Lipinski definition) is 15. The van der Waals surface area contributed by atoms with Gasteiger partial charge in [0.05, 0.1) is 39.4 Å². The highest BCUT2D eigenvalue weighted by Crippen LogP contribution is 2.45. The molecule has 19 heteroatoms. The maximum atomic E-state index is 14.6. The lowest BCUT2D eigenvalue weighted by atomic mass is 9.96. The second-order valence-electron chi connectivity index (χ2n) is 13.5. The van der Waals surface area contributed by atoms with Gasteiger partial charge in [-0.25, -0.2) is 15.2 Å². The van der Waals surface area contributed by atoms with Crippen molar-refractivity contribution in [1.29, 1.82) is 0 Å². The number of aromatic nitrogens is 4. The van der Waals surface area contributed by atoms with Crippen LogP contribution in [0.5, 0.6) is 0 Å². The molecule has 0 bridgehead atoms. The van der Waals surface area contributed by atoms with Crippen LogP contribution in [0.15, 0.2) is 6.33 Å². The van der Waals surface area contributed by atoms with E-state index in [1.165, 1.54) is 17.8 Å². The molecule has 6 N–H and O–H groups in total. The summed E-state index contributed by atoms with van der Waals surface area (Å²) in [6.07, 6.45) is -2.12. The van der Waals surface area contributed by atoms with E-state index in [2.05, 4.69) is 25.1 Å². The number of nitrogens with one attached hydrogen (secondary N) is 2. The molecule has 6 atom stereocenters. The highest BCUT2D eigenvalue weighted by molar-refractivity contribution is 7.54. The van der Waals surface area contributed by atoms with Gasteiger partial charge in [0.15, 0.2) is 23.2 Å². The topological polar surface area (TPSA) is 235 Å². The first-order valence-electron chi connectivity index (χ1n) is 17.1. The molecule has 0 aromatic carbocycles. The highest BCUT2D eigenvalue weighted by atomic mass is 31.2. The molecule has 2 unspecified atom stereocenters. The minimum Gasteiger partial charge on any atom is -0.465 e. The molecule has 2 saturated heterocycles. The number of fused-ring (bicyclic) bond motifs is 1. The number of anilines is 2. The molecular formula is C31H53N8O10P. The maximum Gasteiger partial charge on any atom is 0.342 e. The molecule has 2 aromatic rings. The minimum atomic E-state index is -4.31. The van der Waals surface area contributed by atoms with E-state index >= 15 is 0 Å². The average molecular weight is 729 g/mol. The van der Waals surface area contributed by atoms with E-state index in [-0.39, 0.29) is 49.5 Å². The van der Waals surface area contributed by atoms with Crippen molar-refractivity contribution in [2.45, 2.75) is 97.4 Å². The zero-order chi connectivity index (χ0) is 36.8. The third-order valence-electron chi connectivity index (χ3n) is 8.37. The normalized spacial score (nSPS) is 24.2. The number of hydrogen-bond donors (Lipinski definition) is 5. The van der Waals surface area contributed by atoms with Gasteiger partial charge in [0, 0.05) is 13.1 Å². The summed E-state index contributed by atoms with van der Waals surface area (Å²) in [5.41, 5.74) is 4.86. The molecule has 0 aliphatic carbocycles. The number of carbonyl (C=O) groups excluding carboxylic acids is 2. The van der Waals surface area contributed by atoms with Gasteiger partial charge in [-0.2, -0.15) is 9.97 Å². The monoisotopic (exact) mass is 728 g/mol. The van der Waals surface area contributed by atoms with Crippen molar-refractivity contribution in [2.75, 3.05) is 56.8 Å². The maximum absolute atomic E-state index is 14.6. The summed E-state index contributed by atoms with van der Waals surface area (Å²) in [4.78, 5) is 41.2. The third-order valence-corrected chi connectivity index (χ3v) is 10.2. The van der Waals surface area contributed by atoms with Crippen LogP contribution in [0.1, 0.15) is 67.5 Å². The summed E-state index contributed by atoms with van der Waals surface area (Å²) in [5, 5.41) is 28.5. The Hall–Kier alpha value is -2.96. The lowest BCUT2D eigenvalue weighted by molar-refractivity contribution is -0.146. The summed E-state index contributed by atoms with van der Waals surface area (Å²) in [6.45, 7) is 14.1. The summed E-state index contributed by atoms with van der Waals surface area (Å²) < 4.78 is 44.2. The number of esters is 2. The van der Waals surface area contributed by atoms with E-state index in [1.54, 1.807) is 13.8 Å². The van der Waals surface area contributed by atoms with E-state index in [0.29, 0.717) is 37.6 Å². The Kier molecular flexibility index (Phi) is 13.6. The quantitative estimate of drug-likeness (QED) is 0.115. The van der Waals surface area contributed by atoms with Crippen LogP contribution in [-0.2, 0) is 37.6 Å². The predicted molar refractivity (Wildman–Crippen MR) is 183 cm³/mol. The summed E-state index contributed by atoms with van der Waals surface area (Å²) in [5.74, 6) is -0.831. The largest absolute Gasteiger partial charge is 0.465 e. The average Bonchev–Trinajstić information content (AvgIpc) is 3.56. The summed E-state index contributed by atoms with van der Waals surface area (Å²) >= 11 is 0. The molecule has 0 radical (unpaired) electrons. The second-order valence-corrected chi connectivity index (χ2v) is 15.4. The summed E-state index contributed by atoms with van der Waals surface area (Å²) in [7, 11) is -4.31. The van der Waals surface area contributed by atoms with Gasteiger partial charge in [0.2, 0.25) is 5.95 Å². The highest BCUT2D eigenvalue weighted by Gasteiger charge is 2.54. The van der Waals surface area contributed by atoms with Crippen molar-refractivity contribution in [3.63, 3.8) is 0 Å². The van der Waals surface area contributed by atoms with Crippen LogP contribution in [0, 0.1) is 11.8 Å². The fourth-order valence-electron chi connectivity index (χ4n) is 6.00. The van der Waals surface area contributed by atoms with Crippen molar-refractivity contribution in [3.05, 3.63) is 6.33 Å². The summed E-state index contributed by atoms with van der Waals surface area (Å²) in [6, 6.07) is -2.13. The number of nitrogens with two attached hydrogens (primary N) is 1. The smallest absolute Gasteiger partial charge is 0.342 e. The van der Waals surface area contributed by atoms with Gasteiger partial charge < -0.3 is 44.3 Å². The standard InChI is InChI=1S/C31H53N8O10P/c1-8-46-27(41)20(14-18(3)4)36-50(44,37-21(15-19(5)6)28(42)47-9-2)48-16-22-24(40)31(7,43)29(49-22)39-17-33-23-25(34-30(32)35-26(23)39)38-10-12-45-13-11-38/h17-22,24,29,40,43H,8-16H2,1-7H3,(H2,32,34,35)(H2,36,37,44)/t20-,21-,22+,24?,29+,31?/m0/s1. The Morgan fingerprint density at radius 1 is 1.06 bits per heavy atom. The number of aliphatic hydroxyl groups is 2. The van der Waals surface area contributed by atoms with Crippen molar-refractivity contribution in [2.24, 2.45) is 11.8 Å². The number of rotatable bonds is 17. The molecule has 2 aliphatic heterocycles. The zero-order valence-electron chi connectivity index (χ0n) is 29.9. The van der Waals surface area contributed by atoms with Crippen LogP contribution in [0.3, 0.4) is 0 Å². The van der Waals surface area contributed by atoms with Crippen LogP contribution >= 0.6 is 7.67 Å². The van der Waals surface area contributed by atoms with Crippen molar-refractivity contribution < 1.29 is 47.8 Å². The van der Waals surface area contributed by atoms with Gasteiger partial charge in [-0.15, -0.1) is 0 Å². The molecule has 0 spiro atoms. The first kappa shape index (κ1) is 39.8. The van der Waals surface area contributed by atoms with Gasteiger partial charge in [-0.1, -0.05) is 27.7 Å². The molecule has 0 amide bonds. The molecule has 0 saturated carbocycles. The van der Waals surface area contributed by atoms with Crippen LogP contribution < -0.4 is 20.8 Å². The second kappa shape index (κ2) is 17.0. The predicted octanol–water partition coefficient (Wildman–Crippen LogP) is 1.51.